The Morgan fingerprint density at radius 1 is 1.30 bits per heavy atom. The fraction of sp³-hybridized carbons (Fsp3) is 0.333. The van der Waals surface area contributed by atoms with E-state index in [1.807, 2.05) is 0 Å². The molecule has 0 atom stereocenters. The fourth-order valence-corrected chi connectivity index (χ4v) is 2.58. The lowest BCUT2D eigenvalue weighted by Crippen LogP contribution is -2.50. The van der Waals surface area contributed by atoms with Crippen molar-refractivity contribution in [3.63, 3.8) is 0 Å². The standard InChI is InChI=1S/C12H10F3N3OS/c13-12(14,15)9-6-20-5-8(9)11-17-2-1-10(18-11)19-7-3-16-4-7/h1-2,5-7,16H,3-4H2. The number of aromatic nitrogens is 2. The monoisotopic (exact) mass is 301 g/mol. The molecule has 0 amide bonds. The highest BCUT2D eigenvalue weighted by Gasteiger charge is 2.35. The molecule has 1 N–H and O–H groups in total. The lowest BCUT2D eigenvalue weighted by Gasteiger charge is -2.27. The van der Waals surface area contributed by atoms with E-state index in [1.54, 1.807) is 6.07 Å². The van der Waals surface area contributed by atoms with Gasteiger partial charge in [-0.05, 0) is 0 Å². The van der Waals surface area contributed by atoms with Gasteiger partial charge in [0.25, 0.3) is 0 Å². The summed E-state index contributed by atoms with van der Waals surface area (Å²) in [5.41, 5.74) is -0.732. The van der Waals surface area contributed by atoms with Crippen LogP contribution in [0.1, 0.15) is 5.56 Å². The number of alkyl halides is 3. The minimum atomic E-state index is -4.41. The third-order valence-electron chi connectivity index (χ3n) is 2.87. The zero-order valence-electron chi connectivity index (χ0n) is 10.1. The van der Waals surface area contributed by atoms with E-state index in [9.17, 15) is 13.2 Å². The van der Waals surface area contributed by atoms with Gasteiger partial charge < -0.3 is 10.1 Å². The van der Waals surface area contributed by atoms with Gasteiger partial charge in [0.2, 0.25) is 5.88 Å². The summed E-state index contributed by atoms with van der Waals surface area (Å²) in [6.07, 6.45) is -2.99. The molecule has 1 fully saturated rings. The molecule has 3 rings (SSSR count). The van der Waals surface area contributed by atoms with Crippen LogP contribution in [0.2, 0.25) is 0 Å². The molecule has 1 aliphatic rings. The van der Waals surface area contributed by atoms with Gasteiger partial charge in [0, 0.05) is 41.7 Å². The number of nitrogens with one attached hydrogen (secondary N) is 1. The van der Waals surface area contributed by atoms with Crippen LogP contribution in [0, 0.1) is 0 Å². The quantitative estimate of drug-likeness (QED) is 0.946. The van der Waals surface area contributed by atoms with Crippen molar-refractivity contribution < 1.29 is 17.9 Å². The van der Waals surface area contributed by atoms with E-state index in [-0.39, 0.29) is 17.5 Å². The lowest BCUT2D eigenvalue weighted by molar-refractivity contribution is -0.136. The van der Waals surface area contributed by atoms with Gasteiger partial charge in [-0.3, -0.25) is 0 Å². The first-order valence-corrected chi connectivity index (χ1v) is 6.82. The van der Waals surface area contributed by atoms with Crippen LogP contribution < -0.4 is 10.1 Å². The second-order valence-corrected chi connectivity index (χ2v) is 5.06. The predicted octanol–water partition coefficient (Wildman–Crippen LogP) is 2.57. The van der Waals surface area contributed by atoms with E-state index in [2.05, 4.69) is 15.3 Å². The molecule has 0 unspecified atom stereocenters. The molecule has 0 spiro atoms. The summed E-state index contributed by atoms with van der Waals surface area (Å²) in [5, 5.41) is 5.49. The van der Waals surface area contributed by atoms with Crippen LogP contribution in [0.3, 0.4) is 0 Å². The normalized spacial score (nSPS) is 15.9. The average Bonchev–Trinajstić information content (AvgIpc) is 2.83. The van der Waals surface area contributed by atoms with E-state index < -0.39 is 11.7 Å². The summed E-state index contributed by atoms with van der Waals surface area (Å²) in [6.45, 7) is 1.43. The number of ether oxygens (including phenoxy) is 1. The Bertz CT molecular complexity index is 610. The van der Waals surface area contributed by atoms with Crippen molar-refractivity contribution in [1.82, 2.24) is 15.3 Å². The van der Waals surface area contributed by atoms with Crippen molar-refractivity contribution in [2.75, 3.05) is 13.1 Å². The molecule has 106 valence electrons. The first-order valence-electron chi connectivity index (χ1n) is 5.88. The number of nitrogens with zero attached hydrogens (tertiary/aromatic N) is 2. The Morgan fingerprint density at radius 2 is 2.10 bits per heavy atom. The van der Waals surface area contributed by atoms with E-state index in [0.717, 1.165) is 16.7 Å². The van der Waals surface area contributed by atoms with Crippen molar-refractivity contribution in [3.05, 3.63) is 28.6 Å². The van der Waals surface area contributed by atoms with Gasteiger partial charge in [0.1, 0.15) is 6.10 Å². The molecule has 8 heteroatoms. The van der Waals surface area contributed by atoms with Crippen molar-refractivity contribution in [2.45, 2.75) is 12.3 Å². The van der Waals surface area contributed by atoms with Gasteiger partial charge in [-0.1, -0.05) is 0 Å². The summed E-state index contributed by atoms with van der Waals surface area (Å²) < 4.78 is 44.1. The Hall–Kier alpha value is -1.67. The maximum absolute atomic E-state index is 12.9. The molecule has 0 saturated carbocycles. The van der Waals surface area contributed by atoms with E-state index in [0.29, 0.717) is 19.0 Å². The minimum Gasteiger partial charge on any atom is -0.472 e. The second kappa shape index (κ2) is 5.02. The summed E-state index contributed by atoms with van der Waals surface area (Å²) >= 11 is 0.973. The van der Waals surface area contributed by atoms with Crippen LogP contribution in [0.5, 0.6) is 5.88 Å². The van der Waals surface area contributed by atoms with Crippen LogP contribution >= 0.6 is 11.3 Å². The number of rotatable bonds is 3. The number of hydrogen-bond acceptors (Lipinski definition) is 5. The van der Waals surface area contributed by atoms with E-state index in [1.165, 1.54) is 11.6 Å². The average molecular weight is 301 g/mol. The summed E-state index contributed by atoms with van der Waals surface area (Å²) in [5.74, 6) is 0.323. The molecule has 0 radical (unpaired) electrons. The van der Waals surface area contributed by atoms with Gasteiger partial charge in [-0.15, -0.1) is 0 Å². The summed E-state index contributed by atoms with van der Waals surface area (Å²) in [7, 11) is 0. The minimum absolute atomic E-state index is 0.0142. The molecule has 1 aliphatic heterocycles. The Labute approximate surface area is 116 Å². The zero-order chi connectivity index (χ0) is 14.2. The van der Waals surface area contributed by atoms with Gasteiger partial charge in [-0.2, -0.15) is 29.5 Å². The first-order chi connectivity index (χ1) is 9.54. The first kappa shape index (κ1) is 13.3. The largest absolute Gasteiger partial charge is 0.472 e. The second-order valence-electron chi connectivity index (χ2n) is 4.31. The molecule has 3 heterocycles. The van der Waals surface area contributed by atoms with Crippen LogP contribution in [0.15, 0.2) is 23.0 Å². The number of hydrogen-bond donors (Lipinski definition) is 1. The summed E-state index contributed by atoms with van der Waals surface area (Å²) in [4.78, 5) is 7.96. The van der Waals surface area contributed by atoms with E-state index >= 15 is 0 Å². The van der Waals surface area contributed by atoms with E-state index in [4.69, 9.17) is 4.74 Å². The predicted molar refractivity (Wildman–Crippen MR) is 67.6 cm³/mol. The van der Waals surface area contributed by atoms with Crippen LogP contribution in [-0.2, 0) is 6.18 Å². The molecule has 0 aliphatic carbocycles. The third-order valence-corrected chi connectivity index (χ3v) is 3.61. The van der Waals surface area contributed by atoms with Gasteiger partial charge in [0.05, 0.1) is 5.56 Å². The SMILES string of the molecule is FC(F)(F)c1cscc1-c1nccc(OC2CNC2)n1. The van der Waals surface area contributed by atoms with Crippen LogP contribution in [0.4, 0.5) is 13.2 Å². The van der Waals surface area contributed by atoms with Crippen molar-refractivity contribution in [3.8, 4) is 17.3 Å². The highest BCUT2D eigenvalue weighted by Crippen LogP contribution is 2.38. The molecule has 0 bridgehead atoms. The molecular formula is C12H10F3N3OS. The van der Waals surface area contributed by atoms with Gasteiger partial charge >= 0.3 is 6.18 Å². The maximum atomic E-state index is 12.9. The highest BCUT2D eigenvalue weighted by molar-refractivity contribution is 7.08. The van der Waals surface area contributed by atoms with Crippen LogP contribution in [-0.4, -0.2) is 29.2 Å². The van der Waals surface area contributed by atoms with Gasteiger partial charge in [0.15, 0.2) is 5.82 Å². The molecule has 2 aromatic rings. The Morgan fingerprint density at radius 3 is 2.75 bits per heavy atom. The fourth-order valence-electron chi connectivity index (χ4n) is 1.74. The molecule has 20 heavy (non-hydrogen) atoms. The zero-order valence-corrected chi connectivity index (χ0v) is 11.0. The van der Waals surface area contributed by atoms with Crippen molar-refractivity contribution >= 4 is 11.3 Å². The molecule has 4 nitrogen and oxygen atoms in total. The number of halogens is 3. The molecule has 2 aromatic heterocycles. The Balaban J connectivity index is 1.90. The topological polar surface area (TPSA) is 47.0 Å². The summed E-state index contributed by atoms with van der Waals surface area (Å²) in [6, 6.07) is 1.54. The van der Waals surface area contributed by atoms with Crippen molar-refractivity contribution in [1.29, 1.82) is 0 Å². The smallest absolute Gasteiger partial charge is 0.417 e. The van der Waals surface area contributed by atoms with Crippen LogP contribution in [0.25, 0.3) is 11.4 Å². The third kappa shape index (κ3) is 2.61. The molecule has 0 aromatic carbocycles. The number of thiophene rings is 1. The van der Waals surface area contributed by atoms with Crippen molar-refractivity contribution in [2.24, 2.45) is 0 Å². The Kier molecular flexibility index (Phi) is 3.35. The lowest BCUT2D eigenvalue weighted by atomic mass is 10.2. The highest BCUT2D eigenvalue weighted by atomic mass is 32.1. The molecule has 1 saturated heterocycles. The maximum Gasteiger partial charge on any atom is 0.417 e. The molecular weight excluding hydrogens is 291 g/mol. The van der Waals surface area contributed by atoms with Gasteiger partial charge in [-0.25, -0.2) is 4.98 Å².